The van der Waals surface area contributed by atoms with E-state index in [0.717, 1.165) is 11.1 Å². The molecule has 1 amide bonds. The standard InChI is InChI=1S/C26H20Cl2N4O4S/c27-20-6-2-7-21(28)25(20)37(34,35)32-12-10-31(11-13-32)22-8-3-9-23-19(22)15-24(36-23)26(33)30-18-5-1-4-17(14-18)16-29/h1-9,14-15H,10-13H2,(H,30,33). The van der Waals surface area contributed by atoms with Crippen LogP contribution in [-0.2, 0) is 10.0 Å². The van der Waals surface area contributed by atoms with Crippen molar-refractivity contribution in [2.24, 2.45) is 0 Å². The normalized spacial score (nSPS) is 14.5. The number of rotatable bonds is 5. The highest BCUT2D eigenvalue weighted by Crippen LogP contribution is 2.34. The topological polar surface area (TPSA) is 107 Å². The fourth-order valence-electron chi connectivity index (χ4n) is 4.32. The van der Waals surface area contributed by atoms with Crippen LogP contribution in [-0.4, -0.2) is 44.8 Å². The number of benzene rings is 3. The lowest BCUT2D eigenvalue weighted by atomic mass is 10.1. The summed E-state index contributed by atoms with van der Waals surface area (Å²) < 4.78 is 33.6. The molecule has 0 radical (unpaired) electrons. The molecule has 37 heavy (non-hydrogen) atoms. The second kappa shape index (κ2) is 10.1. The van der Waals surface area contributed by atoms with E-state index in [1.807, 2.05) is 18.2 Å². The highest BCUT2D eigenvalue weighted by molar-refractivity contribution is 7.89. The largest absolute Gasteiger partial charge is 0.451 e. The van der Waals surface area contributed by atoms with Crippen molar-refractivity contribution in [3.05, 3.63) is 88.1 Å². The third-order valence-corrected chi connectivity index (χ3v) is 8.96. The number of fused-ring (bicyclic) bond motifs is 1. The average Bonchev–Trinajstić information content (AvgIpc) is 3.33. The van der Waals surface area contributed by atoms with Crippen LogP contribution in [0.15, 0.2) is 76.0 Å². The third kappa shape index (κ3) is 4.89. The van der Waals surface area contributed by atoms with Crippen molar-refractivity contribution in [3.8, 4) is 6.07 Å². The highest BCUT2D eigenvalue weighted by Gasteiger charge is 2.32. The maximum absolute atomic E-state index is 13.2. The molecule has 1 aliphatic rings. The zero-order chi connectivity index (χ0) is 26.2. The van der Waals surface area contributed by atoms with E-state index >= 15 is 0 Å². The molecule has 1 aliphatic heterocycles. The summed E-state index contributed by atoms with van der Waals surface area (Å²) in [5.74, 6) is -0.316. The zero-order valence-electron chi connectivity index (χ0n) is 19.3. The Morgan fingerprint density at radius 1 is 0.946 bits per heavy atom. The lowest BCUT2D eigenvalue weighted by Crippen LogP contribution is -2.48. The number of furan rings is 1. The van der Waals surface area contributed by atoms with Crippen LogP contribution in [0.3, 0.4) is 0 Å². The van der Waals surface area contributed by atoms with Crippen LogP contribution in [0.5, 0.6) is 0 Å². The van der Waals surface area contributed by atoms with Crippen molar-refractivity contribution in [2.45, 2.75) is 4.90 Å². The van der Waals surface area contributed by atoms with E-state index in [2.05, 4.69) is 10.2 Å². The van der Waals surface area contributed by atoms with Crippen LogP contribution >= 0.6 is 23.2 Å². The molecular weight excluding hydrogens is 535 g/mol. The van der Waals surface area contributed by atoms with E-state index in [4.69, 9.17) is 32.9 Å². The van der Waals surface area contributed by atoms with Crippen LogP contribution in [0.25, 0.3) is 11.0 Å². The minimum absolute atomic E-state index is 0.0836. The lowest BCUT2D eigenvalue weighted by molar-refractivity contribution is 0.0998. The van der Waals surface area contributed by atoms with Gasteiger partial charge < -0.3 is 14.6 Å². The molecule has 0 bridgehead atoms. The number of nitrogens with zero attached hydrogens (tertiary/aromatic N) is 3. The van der Waals surface area contributed by atoms with Crippen molar-refractivity contribution >= 4 is 61.5 Å². The molecule has 2 heterocycles. The molecule has 4 aromatic rings. The Kier molecular flexibility index (Phi) is 6.84. The summed E-state index contributed by atoms with van der Waals surface area (Å²) in [5.41, 5.74) is 2.29. The molecule has 0 unspecified atom stereocenters. The molecule has 0 aliphatic carbocycles. The Labute approximate surface area is 223 Å². The second-order valence-corrected chi connectivity index (χ2v) is 11.1. The molecule has 1 fully saturated rings. The molecule has 1 aromatic heterocycles. The zero-order valence-corrected chi connectivity index (χ0v) is 21.6. The summed E-state index contributed by atoms with van der Waals surface area (Å²) in [6.45, 7) is 1.32. The number of hydrogen-bond acceptors (Lipinski definition) is 6. The minimum atomic E-state index is -3.86. The summed E-state index contributed by atoms with van der Waals surface area (Å²) in [4.78, 5) is 14.8. The summed E-state index contributed by atoms with van der Waals surface area (Å²) in [5, 5.41) is 12.7. The van der Waals surface area contributed by atoms with Crippen LogP contribution < -0.4 is 10.2 Å². The van der Waals surface area contributed by atoms with Gasteiger partial charge in [0.2, 0.25) is 10.0 Å². The van der Waals surface area contributed by atoms with E-state index in [1.54, 1.807) is 42.5 Å². The first-order valence-corrected chi connectivity index (χ1v) is 13.5. The quantitative estimate of drug-likeness (QED) is 0.355. The number of anilines is 2. The number of piperazine rings is 1. The molecule has 3 aromatic carbocycles. The third-order valence-electron chi connectivity index (χ3n) is 6.11. The van der Waals surface area contributed by atoms with E-state index in [9.17, 15) is 13.2 Å². The average molecular weight is 555 g/mol. The predicted octanol–water partition coefficient (Wildman–Crippen LogP) is 5.37. The molecule has 1 saturated heterocycles. The molecule has 5 rings (SSSR count). The summed E-state index contributed by atoms with van der Waals surface area (Å²) in [7, 11) is -3.86. The summed E-state index contributed by atoms with van der Waals surface area (Å²) in [6, 6.07) is 20.4. The fraction of sp³-hybridized carbons (Fsp3) is 0.154. The van der Waals surface area contributed by atoms with Gasteiger partial charge in [0.1, 0.15) is 10.5 Å². The van der Waals surface area contributed by atoms with Crippen molar-refractivity contribution in [1.29, 1.82) is 5.26 Å². The van der Waals surface area contributed by atoms with Crippen molar-refractivity contribution in [3.63, 3.8) is 0 Å². The summed E-state index contributed by atoms with van der Waals surface area (Å²) in [6.07, 6.45) is 0. The van der Waals surface area contributed by atoms with Crippen molar-refractivity contribution < 1.29 is 17.6 Å². The van der Waals surface area contributed by atoms with Crippen LogP contribution in [0.1, 0.15) is 16.1 Å². The molecule has 188 valence electrons. The first kappa shape index (κ1) is 25.1. The molecule has 0 saturated carbocycles. The number of amides is 1. The molecule has 11 heteroatoms. The van der Waals surface area contributed by atoms with Crippen LogP contribution in [0, 0.1) is 11.3 Å². The number of nitriles is 1. The fourth-order valence-corrected chi connectivity index (χ4v) is 6.83. The Morgan fingerprint density at radius 2 is 1.62 bits per heavy atom. The van der Waals surface area contributed by atoms with Crippen molar-refractivity contribution in [2.75, 3.05) is 36.4 Å². The molecule has 1 N–H and O–H groups in total. The lowest BCUT2D eigenvalue weighted by Gasteiger charge is -2.35. The first-order chi connectivity index (χ1) is 17.8. The van der Waals surface area contributed by atoms with Crippen LogP contribution in [0.2, 0.25) is 10.0 Å². The van der Waals surface area contributed by atoms with Gasteiger partial charge in [-0.05, 0) is 48.5 Å². The predicted molar refractivity (Wildman–Crippen MR) is 143 cm³/mol. The maximum Gasteiger partial charge on any atom is 0.291 e. The second-order valence-electron chi connectivity index (χ2n) is 8.39. The highest BCUT2D eigenvalue weighted by atomic mass is 35.5. The number of sulfonamides is 1. The number of carbonyl (C=O) groups excluding carboxylic acids is 1. The number of carbonyl (C=O) groups is 1. The summed E-state index contributed by atoms with van der Waals surface area (Å²) >= 11 is 12.3. The van der Waals surface area contributed by atoms with Crippen LogP contribution in [0.4, 0.5) is 11.4 Å². The Balaban J connectivity index is 1.35. The SMILES string of the molecule is N#Cc1cccc(NC(=O)c2cc3c(N4CCN(S(=O)(=O)c5c(Cl)cccc5Cl)CC4)cccc3o2)c1. The maximum atomic E-state index is 13.2. The first-order valence-electron chi connectivity index (χ1n) is 11.3. The Bertz CT molecular complexity index is 1630. The van der Waals surface area contributed by atoms with Gasteiger partial charge in [0.15, 0.2) is 5.76 Å². The van der Waals surface area contributed by atoms with Gasteiger partial charge in [-0.25, -0.2) is 8.42 Å². The molecule has 8 nitrogen and oxygen atoms in total. The number of nitrogens with one attached hydrogen (secondary N) is 1. The minimum Gasteiger partial charge on any atom is -0.451 e. The Hall–Kier alpha value is -3.55. The van der Waals surface area contributed by atoms with Crippen molar-refractivity contribution in [1.82, 2.24) is 4.31 Å². The smallest absolute Gasteiger partial charge is 0.291 e. The van der Waals surface area contributed by atoms with Gasteiger partial charge in [-0.1, -0.05) is 41.4 Å². The van der Waals surface area contributed by atoms with E-state index in [1.165, 1.54) is 16.4 Å². The van der Waals surface area contributed by atoms with Gasteiger partial charge in [-0.15, -0.1) is 0 Å². The van der Waals surface area contributed by atoms with Gasteiger partial charge in [-0.2, -0.15) is 9.57 Å². The molecule has 0 atom stereocenters. The van der Waals surface area contributed by atoms with Gasteiger partial charge in [0.05, 0.1) is 21.7 Å². The van der Waals surface area contributed by atoms with Gasteiger partial charge in [-0.3, -0.25) is 4.79 Å². The Morgan fingerprint density at radius 3 is 2.32 bits per heavy atom. The number of hydrogen-bond donors (Lipinski definition) is 1. The van der Waals surface area contributed by atoms with E-state index in [-0.39, 0.29) is 33.8 Å². The van der Waals surface area contributed by atoms with Gasteiger partial charge >= 0.3 is 0 Å². The van der Waals surface area contributed by atoms with Gasteiger partial charge in [0.25, 0.3) is 5.91 Å². The number of halogens is 2. The molecular formula is C26H20Cl2N4O4S. The molecule has 0 spiro atoms. The monoisotopic (exact) mass is 554 g/mol. The van der Waals surface area contributed by atoms with E-state index < -0.39 is 15.9 Å². The van der Waals surface area contributed by atoms with Gasteiger partial charge in [0, 0.05) is 42.9 Å². The van der Waals surface area contributed by atoms with E-state index in [0.29, 0.717) is 29.9 Å².